The lowest BCUT2D eigenvalue weighted by molar-refractivity contribution is -0.148. The number of carboxylic acids is 1. The van der Waals surface area contributed by atoms with Gasteiger partial charge in [0.1, 0.15) is 11.6 Å². The number of hydrogen-bond donors (Lipinski definition) is 3. The highest BCUT2D eigenvalue weighted by atomic mass is 16.4. The molecular formula is C12H21N3O4. The summed E-state index contributed by atoms with van der Waals surface area (Å²) in [6, 6.07) is -1.30. The Bertz CT molecular complexity index is 379. The Morgan fingerprint density at radius 3 is 2.32 bits per heavy atom. The van der Waals surface area contributed by atoms with Crippen molar-refractivity contribution in [1.82, 2.24) is 15.5 Å². The number of likely N-dealkylation sites (N-methyl/N-ethyl adjacent to an activating group) is 1. The van der Waals surface area contributed by atoms with Crippen molar-refractivity contribution in [3.63, 3.8) is 0 Å². The standard InChI is InChI=1S/C12H21N3O4/c1-4-15(3)9(16)8(2)13-11(19)14-12(10(17)18)6-5-7-12/h8H,4-7H2,1-3H3,(H,17,18)(H2,13,14,19). The molecule has 0 aromatic heterocycles. The van der Waals surface area contributed by atoms with Crippen molar-refractivity contribution in [1.29, 1.82) is 0 Å². The summed E-state index contributed by atoms with van der Waals surface area (Å²) in [6.45, 7) is 3.95. The van der Waals surface area contributed by atoms with Crippen molar-refractivity contribution in [3.8, 4) is 0 Å². The molecule has 1 fully saturated rings. The molecule has 7 heteroatoms. The fraction of sp³-hybridized carbons (Fsp3) is 0.750. The lowest BCUT2D eigenvalue weighted by atomic mass is 9.77. The van der Waals surface area contributed by atoms with Crippen LogP contribution in [0.2, 0.25) is 0 Å². The SMILES string of the molecule is CCN(C)C(=O)C(C)NC(=O)NC1(C(=O)O)CCC1. The molecule has 0 radical (unpaired) electrons. The number of aliphatic carboxylic acids is 1. The summed E-state index contributed by atoms with van der Waals surface area (Å²) in [5.41, 5.74) is -1.16. The maximum atomic E-state index is 11.8. The van der Waals surface area contributed by atoms with Crippen LogP contribution in [0.3, 0.4) is 0 Å². The third kappa shape index (κ3) is 3.36. The number of carboxylic acid groups (broad SMARTS) is 1. The van der Waals surface area contributed by atoms with E-state index in [-0.39, 0.29) is 5.91 Å². The normalized spacial score (nSPS) is 17.8. The molecule has 0 bridgehead atoms. The minimum Gasteiger partial charge on any atom is -0.480 e. The second-order valence-electron chi connectivity index (χ2n) is 4.91. The molecule has 0 heterocycles. The lowest BCUT2D eigenvalue weighted by Crippen LogP contribution is -2.62. The number of nitrogens with zero attached hydrogens (tertiary/aromatic N) is 1. The predicted molar refractivity (Wildman–Crippen MR) is 68.7 cm³/mol. The van der Waals surface area contributed by atoms with Crippen LogP contribution in [0.5, 0.6) is 0 Å². The van der Waals surface area contributed by atoms with Crippen molar-refractivity contribution in [2.24, 2.45) is 0 Å². The van der Waals surface area contributed by atoms with Gasteiger partial charge in [0.2, 0.25) is 5.91 Å². The third-order valence-electron chi connectivity index (χ3n) is 3.54. The average molecular weight is 271 g/mol. The summed E-state index contributed by atoms with van der Waals surface area (Å²) in [7, 11) is 1.64. The maximum Gasteiger partial charge on any atom is 0.329 e. The van der Waals surface area contributed by atoms with E-state index in [0.29, 0.717) is 19.4 Å². The zero-order chi connectivity index (χ0) is 14.6. The zero-order valence-electron chi connectivity index (χ0n) is 11.5. The first-order chi connectivity index (χ1) is 8.82. The van der Waals surface area contributed by atoms with Crippen LogP contribution >= 0.6 is 0 Å². The van der Waals surface area contributed by atoms with Crippen molar-refractivity contribution in [3.05, 3.63) is 0 Å². The number of carbonyl (C=O) groups is 3. The topological polar surface area (TPSA) is 98.7 Å². The van der Waals surface area contributed by atoms with Gasteiger partial charge in [0.25, 0.3) is 0 Å². The van der Waals surface area contributed by atoms with Crippen LogP contribution in [-0.2, 0) is 9.59 Å². The first-order valence-electron chi connectivity index (χ1n) is 6.39. The van der Waals surface area contributed by atoms with Crippen LogP contribution in [0.1, 0.15) is 33.1 Å². The summed E-state index contributed by atoms with van der Waals surface area (Å²) < 4.78 is 0. The fourth-order valence-electron chi connectivity index (χ4n) is 1.92. The Labute approximate surface area is 112 Å². The third-order valence-corrected chi connectivity index (χ3v) is 3.54. The number of amides is 3. The molecule has 7 nitrogen and oxygen atoms in total. The van der Waals surface area contributed by atoms with E-state index in [1.807, 2.05) is 6.92 Å². The Morgan fingerprint density at radius 2 is 1.95 bits per heavy atom. The predicted octanol–water partition coefficient (Wildman–Crippen LogP) is 0.160. The molecule has 0 aliphatic heterocycles. The number of nitrogens with one attached hydrogen (secondary N) is 2. The van der Waals surface area contributed by atoms with E-state index in [2.05, 4.69) is 10.6 Å². The molecule has 0 saturated heterocycles. The second kappa shape index (κ2) is 5.90. The molecule has 1 aliphatic rings. The molecule has 0 aromatic rings. The molecule has 1 rings (SSSR count). The Balaban J connectivity index is 2.51. The van der Waals surface area contributed by atoms with Crippen LogP contribution in [0.25, 0.3) is 0 Å². The summed E-state index contributed by atoms with van der Waals surface area (Å²) in [6.07, 6.45) is 1.62. The van der Waals surface area contributed by atoms with Gasteiger partial charge in [0.05, 0.1) is 0 Å². The molecule has 1 atom stereocenters. The molecule has 1 saturated carbocycles. The summed E-state index contributed by atoms with van der Waals surface area (Å²) >= 11 is 0. The lowest BCUT2D eigenvalue weighted by Gasteiger charge is -2.38. The van der Waals surface area contributed by atoms with Gasteiger partial charge in [-0.1, -0.05) is 0 Å². The highest BCUT2D eigenvalue weighted by Crippen LogP contribution is 2.31. The Morgan fingerprint density at radius 1 is 1.37 bits per heavy atom. The van der Waals surface area contributed by atoms with E-state index in [4.69, 9.17) is 5.11 Å². The van der Waals surface area contributed by atoms with E-state index in [0.717, 1.165) is 6.42 Å². The van der Waals surface area contributed by atoms with Gasteiger partial charge in [-0.15, -0.1) is 0 Å². The van der Waals surface area contributed by atoms with Gasteiger partial charge in [0.15, 0.2) is 0 Å². The number of urea groups is 1. The summed E-state index contributed by atoms with van der Waals surface area (Å²) in [4.78, 5) is 36.1. The first-order valence-corrected chi connectivity index (χ1v) is 6.39. The zero-order valence-corrected chi connectivity index (χ0v) is 11.5. The molecule has 3 amide bonds. The molecule has 0 spiro atoms. The molecule has 3 N–H and O–H groups in total. The second-order valence-corrected chi connectivity index (χ2v) is 4.91. The van der Waals surface area contributed by atoms with E-state index < -0.39 is 23.6 Å². The van der Waals surface area contributed by atoms with Gasteiger partial charge in [-0.05, 0) is 33.1 Å². The summed E-state index contributed by atoms with van der Waals surface area (Å²) in [5.74, 6) is -1.24. The quantitative estimate of drug-likeness (QED) is 0.663. The highest BCUT2D eigenvalue weighted by Gasteiger charge is 2.45. The van der Waals surface area contributed by atoms with Gasteiger partial charge in [-0.3, -0.25) is 4.79 Å². The van der Waals surface area contributed by atoms with Crippen molar-refractivity contribution in [2.45, 2.75) is 44.7 Å². The Hall–Kier alpha value is -1.79. The molecule has 0 aromatic carbocycles. The van der Waals surface area contributed by atoms with Crippen LogP contribution in [-0.4, -0.2) is 53.1 Å². The largest absolute Gasteiger partial charge is 0.480 e. The van der Waals surface area contributed by atoms with Crippen molar-refractivity contribution in [2.75, 3.05) is 13.6 Å². The van der Waals surface area contributed by atoms with E-state index in [1.165, 1.54) is 4.90 Å². The van der Waals surface area contributed by atoms with Crippen LogP contribution in [0, 0.1) is 0 Å². The minimum atomic E-state index is -1.16. The van der Waals surface area contributed by atoms with E-state index >= 15 is 0 Å². The summed E-state index contributed by atoms with van der Waals surface area (Å²) in [5, 5.41) is 14.0. The van der Waals surface area contributed by atoms with Crippen LogP contribution in [0.15, 0.2) is 0 Å². The Kier molecular flexibility index (Phi) is 4.74. The minimum absolute atomic E-state index is 0.212. The smallest absolute Gasteiger partial charge is 0.329 e. The highest BCUT2D eigenvalue weighted by molar-refractivity contribution is 5.90. The van der Waals surface area contributed by atoms with Gasteiger partial charge >= 0.3 is 12.0 Å². The van der Waals surface area contributed by atoms with Gasteiger partial charge in [-0.25, -0.2) is 9.59 Å². The molecule has 1 unspecified atom stereocenters. The molecular weight excluding hydrogens is 250 g/mol. The molecule has 1 aliphatic carbocycles. The average Bonchev–Trinajstić information content (AvgIpc) is 2.31. The fourth-order valence-corrected chi connectivity index (χ4v) is 1.92. The number of rotatable bonds is 5. The molecule has 19 heavy (non-hydrogen) atoms. The number of carbonyl (C=O) groups excluding carboxylic acids is 2. The van der Waals surface area contributed by atoms with E-state index in [1.54, 1.807) is 14.0 Å². The number of hydrogen-bond acceptors (Lipinski definition) is 3. The van der Waals surface area contributed by atoms with Crippen molar-refractivity contribution >= 4 is 17.9 Å². The molecule has 108 valence electrons. The van der Waals surface area contributed by atoms with Crippen LogP contribution in [0.4, 0.5) is 4.79 Å². The first kappa shape index (κ1) is 15.3. The van der Waals surface area contributed by atoms with Gasteiger partial charge < -0.3 is 20.6 Å². The van der Waals surface area contributed by atoms with Crippen LogP contribution < -0.4 is 10.6 Å². The van der Waals surface area contributed by atoms with E-state index in [9.17, 15) is 14.4 Å². The monoisotopic (exact) mass is 271 g/mol. The van der Waals surface area contributed by atoms with Gasteiger partial charge in [-0.2, -0.15) is 0 Å². The van der Waals surface area contributed by atoms with Gasteiger partial charge in [0, 0.05) is 13.6 Å². The maximum absolute atomic E-state index is 11.8. The van der Waals surface area contributed by atoms with Crippen molar-refractivity contribution < 1.29 is 19.5 Å².